The van der Waals surface area contributed by atoms with Crippen LogP contribution in [-0.4, -0.2) is 41.5 Å². The summed E-state index contributed by atoms with van der Waals surface area (Å²) in [6.07, 6.45) is 8.12. The Labute approximate surface area is 151 Å². The van der Waals surface area contributed by atoms with Crippen molar-refractivity contribution in [2.24, 2.45) is 23.5 Å². The van der Waals surface area contributed by atoms with Gasteiger partial charge in [-0.05, 0) is 69.1 Å². The molecule has 2 atom stereocenters. The number of fused-ring (bicyclic) bond motifs is 2. The summed E-state index contributed by atoms with van der Waals surface area (Å²) in [6, 6.07) is 0.184. The molecule has 0 aromatic rings. The number of piperidine rings is 1. The molecule has 2 aliphatic carbocycles. The largest absolute Gasteiger partial charge is 0.459 e. The van der Waals surface area contributed by atoms with Crippen molar-refractivity contribution in [3.8, 4) is 0 Å². The third-order valence-electron chi connectivity index (χ3n) is 6.62. The molecular weight excluding hydrogens is 316 g/mol. The van der Waals surface area contributed by atoms with Crippen LogP contribution >= 0.6 is 0 Å². The molecule has 2 unspecified atom stereocenters. The van der Waals surface area contributed by atoms with Gasteiger partial charge in [-0.3, -0.25) is 9.59 Å². The van der Waals surface area contributed by atoms with Crippen LogP contribution in [0.1, 0.15) is 71.6 Å². The molecule has 1 amide bonds. The lowest BCUT2D eigenvalue weighted by Gasteiger charge is -2.48. The van der Waals surface area contributed by atoms with Crippen molar-refractivity contribution in [1.29, 1.82) is 0 Å². The molecular formula is C20H34N2O3. The molecule has 0 spiro atoms. The number of nitrogens with two attached hydrogens (primary N) is 1. The number of esters is 1. The van der Waals surface area contributed by atoms with E-state index in [4.69, 9.17) is 10.5 Å². The first kappa shape index (κ1) is 18.7. The van der Waals surface area contributed by atoms with Crippen molar-refractivity contribution in [3.63, 3.8) is 0 Å². The maximum atomic E-state index is 12.5. The van der Waals surface area contributed by atoms with Crippen LogP contribution in [0.25, 0.3) is 0 Å². The number of rotatable bonds is 4. The number of nitrogens with zero attached hydrogens (tertiary/aromatic N) is 1. The summed E-state index contributed by atoms with van der Waals surface area (Å²) in [5.74, 6) is 1.70. The molecule has 1 saturated heterocycles. The van der Waals surface area contributed by atoms with Crippen LogP contribution in [0.3, 0.4) is 0 Å². The van der Waals surface area contributed by atoms with Gasteiger partial charge in [0.1, 0.15) is 12.0 Å². The van der Waals surface area contributed by atoms with Crippen molar-refractivity contribution in [2.75, 3.05) is 13.1 Å². The van der Waals surface area contributed by atoms with Crippen LogP contribution in [0.15, 0.2) is 0 Å². The third kappa shape index (κ3) is 4.55. The summed E-state index contributed by atoms with van der Waals surface area (Å²) < 4.78 is 5.97. The standard InChI is InChI=1S/C20H34N2O3/c1-3-20(12-15-8-14(2)9-16(10-15)13-20)25-19(24)11-18(23)22-6-4-17(21)5-7-22/h14-17H,3-13,21H2,1-2H3. The van der Waals surface area contributed by atoms with E-state index >= 15 is 0 Å². The smallest absolute Gasteiger partial charge is 0.315 e. The van der Waals surface area contributed by atoms with E-state index in [0.29, 0.717) is 24.9 Å². The average Bonchev–Trinajstić information content (AvgIpc) is 2.54. The van der Waals surface area contributed by atoms with E-state index in [2.05, 4.69) is 13.8 Å². The Morgan fingerprint density at radius 2 is 1.72 bits per heavy atom. The zero-order chi connectivity index (χ0) is 18.0. The normalized spacial score (nSPS) is 36.1. The second kappa shape index (κ2) is 7.65. The maximum absolute atomic E-state index is 12.5. The monoisotopic (exact) mass is 350 g/mol. The minimum absolute atomic E-state index is 0.104. The summed E-state index contributed by atoms with van der Waals surface area (Å²) in [6.45, 7) is 5.78. The van der Waals surface area contributed by atoms with E-state index in [1.54, 1.807) is 4.90 Å². The first-order valence-electron chi connectivity index (χ1n) is 10.1. The Morgan fingerprint density at radius 3 is 2.28 bits per heavy atom. The zero-order valence-electron chi connectivity index (χ0n) is 15.8. The zero-order valence-corrected chi connectivity index (χ0v) is 15.8. The van der Waals surface area contributed by atoms with Gasteiger partial charge < -0.3 is 15.4 Å². The van der Waals surface area contributed by atoms with Crippen LogP contribution in [0.5, 0.6) is 0 Å². The van der Waals surface area contributed by atoms with Crippen molar-refractivity contribution in [3.05, 3.63) is 0 Å². The predicted molar refractivity (Wildman–Crippen MR) is 96.7 cm³/mol. The van der Waals surface area contributed by atoms with Crippen LogP contribution < -0.4 is 5.73 Å². The molecule has 3 rings (SSSR count). The van der Waals surface area contributed by atoms with Crippen molar-refractivity contribution < 1.29 is 14.3 Å². The lowest BCUT2D eigenvalue weighted by atomic mass is 9.62. The average molecular weight is 351 g/mol. The number of ether oxygens (including phenoxy) is 1. The molecule has 3 aliphatic rings. The SMILES string of the molecule is CCC1(OC(=O)CC(=O)N2CCC(N)CC2)CC2CC(C)CC(C2)C1. The molecule has 5 nitrogen and oxygen atoms in total. The van der Waals surface area contributed by atoms with Gasteiger partial charge in [0.15, 0.2) is 0 Å². The number of amides is 1. The summed E-state index contributed by atoms with van der Waals surface area (Å²) in [7, 11) is 0. The molecule has 0 radical (unpaired) electrons. The second-order valence-electron chi connectivity index (χ2n) is 8.86. The highest BCUT2D eigenvalue weighted by Crippen LogP contribution is 2.49. The number of hydrogen-bond donors (Lipinski definition) is 1. The second-order valence-corrected chi connectivity index (χ2v) is 8.86. The van der Waals surface area contributed by atoms with Gasteiger partial charge in [0, 0.05) is 19.1 Å². The molecule has 0 aromatic heterocycles. The highest BCUT2D eigenvalue weighted by atomic mass is 16.6. The van der Waals surface area contributed by atoms with Gasteiger partial charge in [0.05, 0.1) is 0 Å². The third-order valence-corrected chi connectivity index (χ3v) is 6.62. The minimum Gasteiger partial charge on any atom is -0.459 e. The Balaban J connectivity index is 1.54. The van der Waals surface area contributed by atoms with Gasteiger partial charge in [-0.25, -0.2) is 0 Å². The molecule has 1 aliphatic heterocycles. The maximum Gasteiger partial charge on any atom is 0.315 e. The van der Waals surface area contributed by atoms with Crippen LogP contribution in [0.2, 0.25) is 0 Å². The van der Waals surface area contributed by atoms with E-state index in [9.17, 15) is 9.59 Å². The van der Waals surface area contributed by atoms with Crippen LogP contribution in [0, 0.1) is 17.8 Å². The van der Waals surface area contributed by atoms with E-state index in [0.717, 1.165) is 38.0 Å². The number of carbonyl (C=O) groups is 2. The van der Waals surface area contributed by atoms with Gasteiger partial charge in [-0.1, -0.05) is 13.8 Å². The number of hydrogen-bond acceptors (Lipinski definition) is 4. The quantitative estimate of drug-likeness (QED) is 0.625. The highest BCUT2D eigenvalue weighted by Gasteiger charge is 2.45. The fourth-order valence-corrected chi connectivity index (χ4v) is 5.47. The Morgan fingerprint density at radius 1 is 1.12 bits per heavy atom. The lowest BCUT2D eigenvalue weighted by molar-refractivity contribution is -0.172. The van der Waals surface area contributed by atoms with Crippen LogP contribution in [-0.2, 0) is 14.3 Å². The van der Waals surface area contributed by atoms with E-state index in [1.165, 1.54) is 19.3 Å². The van der Waals surface area contributed by atoms with Crippen molar-refractivity contribution in [1.82, 2.24) is 4.90 Å². The molecule has 1 heterocycles. The first-order chi connectivity index (χ1) is 11.9. The Bertz CT molecular complexity index is 481. The summed E-state index contributed by atoms with van der Waals surface area (Å²) in [5, 5.41) is 0. The molecule has 25 heavy (non-hydrogen) atoms. The van der Waals surface area contributed by atoms with Crippen LogP contribution in [0.4, 0.5) is 0 Å². The fourth-order valence-electron chi connectivity index (χ4n) is 5.47. The topological polar surface area (TPSA) is 72.6 Å². The molecule has 2 bridgehead atoms. The van der Waals surface area contributed by atoms with E-state index in [1.807, 2.05) is 0 Å². The van der Waals surface area contributed by atoms with E-state index in [-0.39, 0.29) is 29.9 Å². The summed E-state index contributed by atoms with van der Waals surface area (Å²) >= 11 is 0. The van der Waals surface area contributed by atoms with Crippen molar-refractivity contribution >= 4 is 11.9 Å². The lowest BCUT2D eigenvalue weighted by Crippen LogP contribution is -2.47. The molecule has 2 N–H and O–H groups in total. The molecule has 2 saturated carbocycles. The summed E-state index contributed by atoms with van der Waals surface area (Å²) in [4.78, 5) is 26.6. The van der Waals surface area contributed by atoms with Gasteiger partial charge in [-0.2, -0.15) is 0 Å². The number of carbonyl (C=O) groups excluding carboxylic acids is 2. The van der Waals surface area contributed by atoms with Crippen molar-refractivity contribution in [2.45, 2.75) is 83.3 Å². The Hall–Kier alpha value is -1.10. The predicted octanol–water partition coefficient (Wildman–Crippen LogP) is 2.86. The van der Waals surface area contributed by atoms with Gasteiger partial charge in [-0.15, -0.1) is 0 Å². The fraction of sp³-hybridized carbons (Fsp3) is 0.900. The minimum atomic E-state index is -0.338. The van der Waals surface area contributed by atoms with Gasteiger partial charge >= 0.3 is 5.97 Å². The first-order valence-corrected chi connectivity index (χ1v) is 10.1. The number of likely N-dealkylation sites (tertiary alicyclic amines) is 1. The van der Waals surface area contributed by atoms with Gasteiger partial charge in [0.2, 0.25) is 5.91 Å². The highest BCUT2D eigenvalue weighted by molar-refractivity contribution is 5.94. The molecule has 0 aromatic carbocycles. The molecule has 5 heteroatoms. The molecule has 3 fully saturated rings. The Kier molecular flexibility index (Phi) is 5.71. The molecule has 142 valence electrons. The van der Waals surface area contributed by atoms with Gasteiger partial charge in [0.25, 0.3) is 0 Å². The van der Waals surface area contributed by atoms with E-state index < -0.39 is 0 Å². The summed E-state index contributed by atoms with van der Waals surface area (Å²) in [5.41, 5.74) is 5.54.